The highest BCUT2D eigenvalue weighted by Crippen LogP contribution is 2.40. The van der Waals surface area contributed by atoms with Crippen molar-refractivity contribution in [3.8, 4) is 34.5 Å². The van der Waals surface area contributed by atoms with Crippen molar-refractivity contribution in [2.45, 2.75) is 142 Å². The van der Waals surface area contributed by atoms with E-state index in [9.17, 15) is 63.3 Å². The highest BCUT2D eigenvalue weighted by Gasteiger charge is 2.30. The number of nitrogens with one attached hydrogen (secondary N) is 10. The van der Waals surface area contributed by atoms with Crippen molar-refractivity contribution in [2.75, 3.05) is 118 Å². The molecule has 133 heavy (non-hydrogen) atoms. The van der Waals surface area contributed by atoms with Crippen LogP contribution in [0.15, 0.2) is 185 Å². The number of allylic oxidation sites excluding steroid dienone is 6. The molecule has 1 unspecified atom stereocenters. The molecule has 1 atom stereocenters. The van der Waals surface area contributed by atoms with Gasteiger partial charge in [-0.3, -0.25) is 0 Å². The lowest BCUT2D eigenvalue weighted by Gasteiger charge is -2.28. The van der Waals surface area contributed by atoms with Crippen LogP contribution in [0.1, 0.15) is 154 Å². The van der Waals surface area contributed by atoms with Gasteiger partial charge in [0.15, 0.2) is 0 Å². The Morgan fingerprint density at radius 1 is 0.293 bits per heavy atom. The van der Waals surface area contributed by atoms with Gasteiger partial charge in [-0.2, -0.15) is 0 Å². The summed E-state index contributed by atoms with van der Waals surface area (Å²) in [4.78, 5) is 126. The fourth-order valence-electron chi connectivity index (χ4n) is 13.3. The number of rotatable bonds is 56. The Morgan fingerprint density at radius 2 is 0.511 bits per heavy atom. The zero-order valence-corrected chi connectivity index (χ0v) is 76.3. The second-order valence-corrected chi connectivity index (χ2v) is 31.9. The second kappa shape index (κ2) is 58.5. The summed E-state index contributed by atoms with van der Waals surface area (Å²) in [7, 11) is 0. The average molecular weight is 1850 g/mol. The fourth-order valence-corrected chi connectivity index (χ4v) is 13.3. The van der Waals surface area contributed by atoms with Crippen LogP contribution < -0.4 is 67.4 Å². The molecule has 0 aliphatic carbocycles. The van der Waals surface area contributed by atoms with Crippen LogP contribution in [0, 0.1) is 5.92 Å². The molecule has 6 rings (SSSR count). The maximum atomic E-state index is 13.0. The highest BCUT2D eigenvalue weighted by atomic mass is 16.7. The largest absolute Gasteiger partial charge is 0.508 e. The Morgan fingerprint density at radius 3 is 0.782 bits per heavy atom. The maximum Gasteiger partial charge on any atom is 0.412 e. The van der Waals surface area contributed by atoms with E-state index in [4.69, 9.17) is 52.1 Å². The molecule has 34 heteroatoms. The Hall–Kier alpha value is -14.2. The monoisotopic (exact) mass is 1840 g/mol. The van der Waals surface area contributed by atoms with Crippen molar-refractivity contribution in [1.82, 2.24) is 53.2 Å². The van der Waals surface area contributed by atoms with Crippen molar-refractivity contribution < 1.29 is 115 Å². The van der Waals surface area contributed by atoms with E-state index in [1.165, 1.54) is 0 Å². The predicted octanol–water partition coefficient (Wildman–Crippen LogP) is 15.5. The maximum absolute atomic E-state index is 13.0. The minimum absolute atomic E-state index is 0. The number of amides is 10. The van der Waals surface area contributed by atoms with E-state index in [-0.39, 0.29) is 136 Å². The second-order valence-electron chi connectivity index (χ2n) is 31.9. The number of phenols is 3. The highest BCUT2D eigenvalue weighted by molar-refractivity contribution is 5.74. The van der Waals surface area contributed by atoms with Gasteiger partial charge in [0.2, 0.25) is 6.79 Å². The van der Waals surface area contributed by atoms with Gasteiger partial charge in [0, 0.05) is 94.9 Å². The molecule has 0 aromatic heterocycles. The lowest BCUT2D eigenvalue weighted by molar-refractivity contribution is 0.0244. The lowest BCUT2D eigenvalue weighted by atomic mass is 9.77. The number of phenolic OH excluding ortho intramolecular Hbond substituents is 3. The number of ether oxygens (including phenoxy) is 11. The van der Waals surface area contributed by atoms with E-state index in [0.717, 1.165) is 55.6 Å². The van der Waals surface area contributed by atoms with Crippen LogP contribution in [-0.2, 0) is 92.7 Å². The molecule has 722 valence electrons. The molecule has 0 heterocycles. The number of carbonyl (C=O) groups is 10. The number of unbranched alkanes of at least 4 members (excludes halogenated alkanes) is 2. The van der Waals surface area contributed by atoms with E-state index in [1.807, 2.05) is 100 Å². The normalized spacial score (nSPS) is 11.1. The van der Waals surface area contributed by atoms with Gasteiger partial charge in [0.1, 0.15) is 34.5 Å². The number of benzene rings is 6. The van der Waals surface area contributed by atoms with Crippen LogP contribution in [0.5, 0.6) is 34.5 Å². The molecule has 0 aliphatic heterocycles. The molecule has 0 saturated heterocycles. The third kappa shape index (κ3) is 38.8. The fraction of sp³-hybridized carbons (Fsp3) is 0.414. The van der Waals surface area contributed by atoms with Crippen LogP contribution in [0.4, 0.5) is 47.9 Å². The SMILES string of the molecule is C.C=CCc1cc(C(C)(C)c2ccc(OC(=O)NCCNC(=O)OCCCCOCCCCOC(=O)NCCNC(=O)OCCC(CCOC(=O)NCCNC(=O)OCOC(=O)NCCNC(=O)Oc3ccc(C(C)(C)c4ccc(O)c(CC=C)c4)cc3CC=C)COC(=O)NCCNC(=O)Oc3ccc(C(C)(C)c4ccc(O)c(CC=C)c4)cc3CC=C)c(CC=C)c2)ccc1O. The van der Waals surface area contributed by atoms with Crippen molar-refractivity contribution in [3.05, 3.63) is 252 Å². The van der Waals surface area contributed by atoms with Gasteiger partial charge in [-0.15, -0.1) is 39.5 Å². The zero-order chi connectivity index (χ0) is 96.3. The summed E-state index contributed by atoms with van der Waals surface area (Å²) in [5, 5.41) is 56.3. The van der Waals surface area contributed by atoms with Crippen molar-refractivity contribution in [2.24, 2.45) is 5.92 Å². The summed E-state index contributed by atoms with van der Waals surface area (Å²) in [6, 6.07) is 33.0. The molecule has 0 bridgehead atoms. The Bertz CT molecular complexity index is 4880. The summed E-state index contributed by atoms with van der Waals surface area (Å²) in [6.07, 6.45) is 7.42. The summed E-state index contributed by atoms with van der Waals surface area (Å²) in [5.74, 6) is 0.996. The van der Waals surface area contributed by atoms with Crippen molar-refractivity contribution >= 4 is 60.9 Å². The summed E-state index contributed by atoms with van der Waals surface area (Å²) in [5.41, 5.74) is 8.75. The topological polar surface area (TPSA) is 453 Å². The predicted molar refractivity (Wildman–Crippen MR) is 505 cm³/mol. The minimum atomic E-state index is -0.986. The molecule has 0 aliphatic rings. The van der Waals surface area contributed by atoms with E-state index < -0.39 is 89.9 Å². The molecule has 0 fully saturated rings. The van der Waals surface area contributed by atoms with Crippen molar-refractivity contribution in [3.63, 3.8) is 0 Å². The van der Waals surface area contributed by atoms with Gasteiger partial charge >= 0.3 is 60.9 Å². The molecular formula is C99H132N10O24. The summed E-state index contributed by atoms with van der Waals surface area (Å²) >= 11 is 0. The smallest absolute Gasteiger partial charge is 0.412 e. The van der Waals surface area contributed by atoms with Crippen LogP contribution in [0.3, 0.4) is 0 Å². The van der Waals surface area contributed by atoms with E-state index >= 15 is 0 Å². The minimum Gasteiger partial charge on any atom is -0.508 e. The van der Waals surface area contributed by atoms with E-state index in [2.05, 4.69) is 106 Å². The molecule has 0 saturated carbocycles. The number of aromatic hydroxyl groups is 3. The first-order valence-electron chi connectivity index (χ1n) is 43.7. The van der Waals surface area contributed by atoms with Crippen molar-refractivity contribution in [1.29, 1.82) is 0 Å². The van der Waals surface area contributed by atoms with E-state index in [0.29, 0.717) is 106 Å². The number of carbonyl (C=O) groups excluding carboxylic acids is 10. The third-order valence-electron chi connectivity index (χ3n) is 21.0. The first-order chi connectivity index (χ1) is 63.3. The van der Waals surface area contributed by atoms with Gasteiger partial charge in [-0.05, 0) is 186 Å². The van der Waals surface area contributed by atoms with Crippen LogP contribution >= 0.6 is 0 Å². The van der Waals surface area contributed by atoms with Gasteiger partial charge in [-0.1, -0.05) is 158 Å². The van der Waals surface area contributed by atoms with Crippen LogP contribution in [-0.4, -0.2) is 195 Å². The van der Waals surface area contributed by atoms with Gasteiger partial charge in [0.25, 0.3) is 0 Å². The first kappa shape index (κ1) is 109. The van der Waals surface area contributed by atoms with Gasteiger partial charge in [-0.25, -0.2) is 47.9 Å². The quantitative estimate of drug-likeness (QED) is 0.00730. The molecule has 0 radical (unpaired) electrons. The standard InChI is InChI=1S/C98H128N10O24.CH4/c1-13-23-68-59-74(29-35-80(68)109)96(7,8)77-32-38-83(71(62-77)26-16-4)130-93(119)106-50-47-100-87(113)124-56-22-20-54-122-53-19-21-55-123-86(112)99-43-44-101-88(114)125-57-41-67(65-127-90(116)103-48-51-107-94(120)131-84-39-33-78(63-72(84)27-17-5)97(9,10)75-30-36-81(110)69(60-75)24-14-2)42-58-126-89(115)102-45-46-104-91(117)128-66-129-92(118)105-49-52-108-95(121)132-85-40-34-79(64-73(85)28-18-6)98(11,12)76-31-37-82(111)70(61-76)25-15-3;/h13-18,29-40,59-64,67,109-111H,1-6,19-28,41-58,65-66H2,7-12H3,(H,99,112)(H,100,113)(H,101,114)(H,102,115)(H,103,116)(H,104,117)(H,105,118)(H,106,119)(H,107,120)(H,108,121);1H4. The molecule has 6 aromatic rings. The van der Waals surface area contributed by atoms with Gasteiger partial charge in [0.05, 0.1) is 33.0 Å². The molecule has 6 aromatic carbocycles. The summed E-state index contributed by atoms with van der Waals surface area (Å²) in [6.45, 7) is 34.6. The zero-order valence-electron chi connectivity index (χ0n) is 76.3. The number of alkyl carbamates (subject to hydrolysis) is 7. The third-order valence-corrected chi connectivity index (χ3v) is 21.0. The van der Waals surface area contributed by atoms with Crippen LogP contribution in [0.2, 0.25) is 0 Å². The Balaban J connectivity index is 0.0000313. The van der Waals surface area contributed by atoms with Gasteiger partial charge < -0.3 is 121 Å². The number of hydrogen-bond acceptors (Lipinski definition) is 24. The first-order valence-corrected chi connectivity index (χ1v) is 43.7. The van der Waals surface area contributed by atoms with Crippen LogP contribution in [0.25, 0.3) is 0 Å². The molecule has 10 amide bonds. The van der Waals surface area contributed by atoms with E-state index in [1.54, 1.807) is 72.9 Å². The molecule has 34 nitrogen and oxygen atoms in total. The Kier molecular flexibility index (Phi) is 48.1. The summed E-state index contributed by atoms with van der Waals surface area (Å²) < 4.78 is 59.0. The lowest BCUT2D eigenvalue weighted by Crippen LogP contribution is -2.37. The molecular weight excluding hydrogens is 1710 g/mol. The molecule has 13 N–H and O–H groups in total. The number of hydrogen-bond donors (Lipinski definition) is 13. The Labute approximate surface area is 778 Å². The molecule has 0 spiro atoms. The average Bonchev–Trinajstić information content (AvgIpc) is 0.793.